The van der Waals surface area contributed by atoms with Gasteiger partial charge in [-0.05, 0) is 18.6 Å². The van der Waals surface area contributed by atoms with Crippen molar-refractivity contribution < 1.29 is 0 Å². The van der Waals surface area contributed by atoms with Crippen LogP contribution in [0.25, 0.3) is 5.65 Å². The van der Waals surface area contributed by atoms with Crippen LogP contribution in [0.3, 0.4) is 0 Å². The molecule has 0 aliphatic heterocycles. The summed E-state index contributed by atoms with van der Waals surface area (Å²) in [4.78, 5) is 4.33. The second kappa shape index (κ2) is 2.73. The van der Waals surface area contributed by atoms with Crippen LogP contribution in [-0.2, 0) is 6.42 Å². The number of nitrogens with zero attached hydrogens (tertiary/aromatic N) is 3. The van der Waals surface area contributed by atoms with E-state index < -0.39 is 0 Å². The predicted molar refractivity (Wildman–Crippen MR) is 51.5 cm³/mol. The Morgan fingerprint density at radius 1 is 1.54 bits per heavy atom. The highest BCUT2D eigenvalue weighted by Crippen LogP contribution is 2.12. The van der Waals surface area contributed by atoms with Crippen LogP contribution in [0.5, 0.6) is 0 Å². The zero-order valence-electron chi connectivity index (χ0n) is 7.78. The predicted octanol–water partition coefficient (Wildman–Crippen LogP) is 1.18. The summed E-state index contributed by atoms with van der Waals surface area (Å²) < 4.78 is 1.72. The van der Waals surface area contributed by atoms with Crippen molar-refractivity contribution in [3.8, 4) is 0 Å². The average Bonchev–Trinajstić information content (AvgIpc) is 2.48. The minimum Gasteiger partial charge on any atom is -0.397 e. The summed E-state index contributed by atoms with van der Waals surface area (Å²) in [6.07, 6.45) is 2.65. The summed E-state index contributed by atoms with van der Waals surface area (Å²) in [5.41, 5.74) is 8.41. The van der Waals surface area contributed by atoms with E-state index in [4.69, 9.17) is 5.73 Å². The maximum absolute atomic E-state index is 5.75. The molecule has 0 atom stereocenters. The Labute approximate surface area is 76.4 Å². The molecule has 0 amide bonds. The molecule has 0 unspecified atom stereocenters. The fraction of sp³-hybridized carbons (Fsp3) is 0.333. The van der Waals surface area contributed by atoms with Gasteiger partial charge in [-0.25, -0.2) is 9.50 Å². The van der Waals surface area contributed by atoms with Gasteiger partial charge in [-0.1, -0.05) is 6.92 Å². The Morgan fingerprint density at radius 2 is 2.31 bits per heavy atom. The van der Waals surface area contributed by atoms with Crippen molar-refractivity contribution in [2.24, 2.45) is 0 Å². The van der Waals surface area contributed by atoms with E-state index >= 15 is 0 Å². The number of pyridine rings is 1. The van der Waals surface area contributed by atoms with Gasteiger partial charge in [0.05, 0.1) is 11.9 Å². The number of rotatable bonds is 1. The molecule has 0 saturated carbocycles. The molecule has 4 nitrogen and oxygen atoms in total. The van der Waals surface area contributed by atoms with Crippen LogP contribution in [0.15, 0.2) is 12.3 Å². The third-order valence-corrected chi connectivity index (χ3v) is 2.08. The van der Waals surface area contributed by atoms with Crippen molar-refractivity contribution >= 4 is 11.3 Å². The SMILES string of the molecule is CCc1nc2cc(C)c(N)cn2n1. The van der Waals surface area contributed by atoms with Crippen molar-refractivity contribution in [3.63, 3.8) is 0 Å². The lowest BCUT2D eigenvalue weighted by atomic mass is 10.2. The van der Waals surface area contributed by atoms with Crippen LogP contribution in [0, 0.1) is 6.92 Å². The lowest BCUT2D eigenvalue weighted by Gasteiger charge is -1.98. The molecule has 4 heteroatoms. The van der Waals surface area contributed by atoms with Gasteiger partial charge in [-0.2, -0.15) is 5.10 Å². The van der Waals surface area contributed by atoms with Crippen molar-refractivity contribution in [1.82, 2.24) is 14.6 Å². The molecular formula is C9H12N4. The number of anilines is 1. The van der Waals surface area contributed by atoms with Gasteiger partial charge in [0.1, 0.15) is 0 Å². The maximum atomic E-state index is 5.75. The zero-order valence-corrected chi connectivity index (χ0v) is 7.78. The summed E-state index contributed by atoms with van der Waals surface area (Å²) in [6.45, 7) is 4.00. The van der Waals surface area contributed by atoms with Gasteiger partial charge in [0.25, 0.3) is 0 Å². The number of nitrogen functional groups attached to an aromatic ring is 1. The van der Waals surface area contributed by atoms with Gasteiger partial charge in [-0.15, -0.1) is 0 Å². The lowest BCUT2D eigenvalue weighted by molar-refractivity contribution is 0.886. The minimum atomic E-state index is 0.750. The standard InChI is InChI=1S/C9H12N4/c1-3-8-11-9-4-6(2)7(10)5-13(9)12-8/h4-5H,3,10H2,1-2H3. The molecule has 0 bridgehead atoms. The summed E-state index contributed by atoms with van der Waals surface area (Å²) >= 11 is 0. The molecule has 2 aromatic heterocycles. The van der Waals surface area contributed by atoms with Crippen LogP contribution in [0.4, 0.5) is 5.69 Å². The van der Waals surface area contributed by atoms with Crippen molar-refractivity contribution in [2.75, 3.05) is 5.73 Å². The molecule has 13 heavy (non-hydrogen) atoms. The monoisotopic (exact) mass is 176 g/mol. The summed E-state index contributed by atoms with van der Waals surface area (Å²) in [6, 6.07) is 1.95. The summed E-state index contributed by atoms with van der Waals surface area (Å²) in [5, 5.41) is 4.26. The molecule has 0 saturated heterocycles. The van der Waals surface area contributed by atoms with E-state index in [1.54, 1.807) is 10.7 Å². The Hall–Kier alpha value is -1.58. The first-order chi connectivity index (χ1) is 6.20. The molecule has 2 aromatic rings. The number of hydrogen-bond donors (Lipinski definition) is 1. The topological polar surface area (TPSA) is 56.2 Å². The summed E-state index contributed by atoms with van der Waals surface area (Å²) in [7, 11) is 0. The van der Waals surface area contributed by atoms with Gasteiger partial charge in [0.2, 0.25) is 0 Å². The van der Waals surface area contributed by atoms with Gasteiger partial charge in [-0.3, -0.25) is 0 Å². The molecule has 2 N–H and O–H groups in total. The van der Waals surface area contributed by atoms with Crippen LogP contribution >= 0.6 is 0 Å². The second-order valence-corrected chi connectivity index (χ2v) is 3.10. The van der Waals surface area contributed by atoms with Crippen molar-refractivity contribution in [1.29, 1.82) is 0 Å². The summed E-state index contributed by atoms with van der Waals surface area (Å²) in [5.74, 6) is 0.852. The number of aromatic nitrogens is 3. The number of fused-ring (bicyclic) bond motifs is 1. The molecule has 0 aliphatic rings. The molecule has 0 spiro atoms. The van der Waals surface area contributed by atoms with Crippen molar-refractivity contribution in [3.05, 3.63) is 23.7 Å². The lowest BCUT2D eigenvalue weighted by Crippen LogP contribution is -1.95. The second-order valence-electron chi connectivity index (χ2n) is 3.10. The highest BCUT2D eigenvalue weighted by atomic mass is 15.3. The number of aryl methyl sites for hydroxylation is 2. The molecular weight excluding hydrogens is 164 g/mol. The highest BCUT2D eigenvalue weighted by molar-refractivity contribution is 5.52. The van der Waals surface area contributed by atoms with Gasteiger partial charge in [0, 0.05) is 6.42 Å². The fourth-order valence-corrected chi connectivity index (χ4v) is 1.24. The highest BCUT2D eigenvalue weighted by Gasteiger charge is 2.03. The quantitative estimate of drug-likeness (QED) is 0.709. The minimum absolute atomic E-state index is 0.750. The van der Waals surface area contributed by atoms with E-state index in [1.807, 2.05) is 19.9 Å². The van der Waals surface area contributed by atoms with E-state index in [2.05, 4.69) is 10.1 Å². The molecule has 2 rings (SSSR count). The molecule has 0 aliphatic carbocycles. The molecule has 0 radical (unpaired) electrons. The van der Waals surface area contributed by atoms with E-state index in [0.29, 0.717) is 0 Å². The molecule has 68 valence electrons. The molecule has 2 heterocycles. The third kappa shape index (κ3) is 1.24. The van der Waals surface area contributed by atoms with E-state index in [-0.39, 0.29) is 0 Å². The normalized spacial score (nSPS) is 10.9. The Kier molecular flexibility index (Phi) is 1.69. The van der Waals surface area contributed by atoms with E-state index in [0.717, 1.165) is 29.1 Å². The first-order valence-electron chi connectivity index (χ1n) is 4.32. The first-order valence-corrected chi connectivity index (χ1v) is 4.32. The maximum Gasteiger partial charge on any atom is 0.156 e. The largest absolute Gasteiger partial charge is 0.397 e. The number of nitrogens with two attached hydrogens (primary N) is 1. The van der Waals surface area contributed by atoms with Crippen molar-refractivity contribution in [2.45, 2.75) is 20.3 Å². The van der Waals surface area contributed by atoms with Crippen LogP contribution in [-0.4, -0.2) is 14.6 Å². The van der Waals surface area contributed by atoms with Gasteiger partial charge < -0.3 is 5.73 Å². The molecule has 0 fully saturated rings. The van der Waals surface area contributed by atoms with E-state index in [1.165, 1.54) is 0 Å². The average molecular weight is 176 g/mol. The smallest absolute Gasteiger partial charge is 0.156 e. The molecule has 0 aromatic carbocycles. The van der Waals surface area contributed by atoms with E-state index in [9.17, 15) is 0 Å². The van der Waals surface area contributed by atoms with Crippen LogP contribution in [0.2, 0.25) is 0 Å². The van der Waals surface area contributed by atoms with Gasteiger partial charge >= 0.3 is 0 Å². The zero-order chi connectivity index (χ0) is 9.42. The van der Waals surface area contributed by atoms with Crippen LogP contribution < -0.4 is 5.73 Å². The Balaban J connectivity index is 2.70. The first kappa shape index (κ1) is 8.04. The van der Waals surface area contributed by atoms with Gasteiger partial charge in [0.15, 0.2) is 11.5 Å². The number of hydrogen-bond acceptors (Lipinski definition) is 3. The Bertz CT molecular complexity index is 405. The van der Waals surface area contributed by atoms with Crippen LogP contribution in [0.1, 0.15) is 18.3 Å². The Morgan fingerprint density at radius 3 is 3.00 bits per heavy atom. The fourth-order valence-electron chi connectivity index (χ4n) is 1.24. The third-order valence-electron chi connectivity index (χ3n) is 2.08.